The maximum Gasteiger partial charge on any atom is 0.346 e. The fourth-order valence-electron chi connectivity index (χ4n) is 0.939. The predicted octanol–water partition coefficient (Wildman–Crippen LogP) is 1.83. The molecule has 78 valence electrons. The lowest BCUT2D eigenvalue weighted by molar-refractivity contribution is -0.128. The molecule has 2 N–H and O–H groups in total. The third kappa shape index (κ3) is 2.78. The van der Waals surface area contributed by atoms with Gasteiger partial charge < -0.3 is 10.2 Å². The number of para-hydroxylation sites is 1. The van der Waals surface area contributed by atoms with Gasteiger partial charge in [0.15, 0.2) is 0 Å². The number of halogens is 1. The summed E-state index contributed by atoms with van der Waals surface area (Å²) in [7, 11) is 0. The monoisotopic (exact) mass is 227 g/mol. The van der Waals surface area contributed by atoms with E-state index in [-0.39, 0.29) is 16.3 Å². The average molecular weight is 228 g/mol. The third-order valence-electron chi connectivity index (χ3n) is 1.52. The fourth-order valence-corrected chi connectivity index (χ4v) is 1.16. The summed E-state index contributed by atoms with van der Waals surface area (Å²) >= 11 is 5.69. The Bertz CT molecular complexity index is 442. The Kier molecular flexibility index (Phi) is 3.41. The molecule has 0 heterocycles. The molecule has 0 fully saturated rings. The van der Waals surface area contributed by atoms with Crippen molar-refractivity contribution in [1.29, 1.82) is 0 Å². The van der Waals surface area contributed by atoms with Crippen LogP contribution in [0.15, 0.2) is 23.2 Å². The van der Waals surface area contributed by atoms with Crippen LogP contribution in [0.5, 0.6) is 0 Å². The molecule has 0 saturated heterocycles. The highest BCUT2D eigenvalue weighted by Crippen LogP contribution is 2.28. The highest BCUT2D eigenvalue weighted by Gasteiger charge is 2.11. The number of nitrogens with zero attached hydrogens (tertiary/aromatic N) is 1. The van der Waals surface area contributed by atoms with E-state index in [4.69, 9.17) is 21.8 Å². The van der Waals surface area contributed by atoms with Crippen molar-refractivity contribution in [1.82, 2.24) is 0 Å². The maximum atomic E-state index is 10.7. The second-order valence-corrected chi connectivity index (χ2v) is 2.94. The van der Waals surface area contributed by atoms with Crippen LogP contribution in [0.25, 0.3) is 0 Å². The van der Waals surface area contributed by atoms with Gasteiger partial charge in [0.2, 0.25) is 0 Å². The van der Waals surface area contributed by atoms with E-state index in [1.807, 2.05) is 0 Å². The van der Waals surface area contributed by atoms with Crippen LogP contribution in [-0.4, -0.2) is 28.4 Å². The van der Waals surface area contributed by atoms with E-state index in [2.05, 4.69) is 4.99 Å². The molecule has 0 bridgehead atoms. The first-order chi connectivity index (χ1) is 7.02. The molecule has 1 aromatic carbocycles. The van der Waals surface area contributed by atoms with Crippen LogP contribution in [0.1, 0.15) is 10.4 Å². The summed E-state index contributed by atoms with van der Waals surface area (Å²) in [4.78, 5) is 24.5. The van der Waals surface area contributed by atoms with E-state index in [0.717, 1.165) is 0 Å². The molecule has 0 saturated carbocycles. The molecule has 0 aromatic heterocycles. The lowest BCUT2D eigenvalue weighted by Crippen LogP contribution is -1.99. The summed E-state index contributed by atoms with van der Waals surface area (Å²) < 4.78 is 0. The van der Waals surface area contributed by atoms with Crippen molar-refractivity contribution in [3.8, 4) is 0 Å². The minimum absolute atomic E-state index is 0.0610. The maximum absolute atomic E-state index is 10.7. The molecule has 0 atom stereocenters. The van der Waals surface area contributed by atoms with Gasteiger partial charge in [0.25, 0.3) is 0 Å². The number of aliphatic carboxylic acids is 1. The van der Waals surface area contributed by atoms with Crippen molar-refractivity contribution in [3.63, 3.8) is 0 Å². The minimum atomic E-state index is -1.27. The largest absolute Gasteiger partial charge is 0.478 e. The van der Waals surface area contributed by atoms with Gasteiger partial charge in [-0.05, 0) is 12.1 Å². The predicted molar refractivity (Wildman–Crippen MR) is 54.2 cm³/mol. The first kappa shape index (κ1) is 11.2. The molecular formula is C9H6ClNO4. The van der Waals surface area contributed by atoms with Gasteiger partial charge in [-0.3, -0.25) is 0 Å². The summed E-state index contributed by atoms with van der Waals surface area (Å²) in [5, 5.41) is 17.2. The summed E-state index contributed by atoms with van der Waals surface area (Å²) in [5.41, 5.74) is -0.200. The molecule has 0 aliphatic rings. The number of aromatic carboxylic acids is 1. The Morgan fingerprint density at radius 3 is 2.53 bits per heavy atom. The number of carboxylic acid groups (broad SMARTS) is 2. The topological polar surface area (TPSA) is 87.0 Å². The number of hydrogen-bond acceptors (Lipinski definition) is 3. The molecule has 0 aliphatic carbocycles. The van der Waals surface area contributed by atoms with Crippen LogP contribution in [0.3, 0.4) is 0 Å². The SMILES string of the molecule is O=C(O)C=Nc1c(Cl)cccc1C(=O)O. The van der Waals surface area contributed by atoms with E-state index < -0.39 is 11.9 Å². The Morgan fingerprint density at radius 2 is 2.00 bits per heavy atom. The zero-order valence-corrected chi connectivity index (χ0v) is 8.10. The number of aliphatic imine (C=N–C) groups is 1. The van der Waals surface area contributed by atoms with Crippen LogP contribution in [0.2, 0.25) is 5.02 Å². The lowest BCUT2D eigenvalue weighted by atomic mass is 10.2. The van der Waals surface area contributed by atoms with Gasteiger partial charge in [-0.1, -0.05) is 17.7 Å². The molecule has 0 unspecified atom stereocenters. The van der Waals surface area contributed by atoms with Gasteiger partial charge >= 0.3 is 11.9 Å². The van der Waals surface area contributed by atoms with Crippen molar-refractivity contribution < 1.29 is 19.8 Å². The van der Waals surface area contributed by atoms with E-state index in [1.54, 1.807) is 0 Å². The highest BCUT2D eigenvalue weighted by molar-refractivity contribution is 6.34. The number of hydrogen-bond donors (Lipinski definition) is 2. The number of benzene rings is 1. The molecule has 1 aromatic rings. The van der Waals surface area contributed by atoms with Crippen molar-refractivity contribution >= 4 is 35.4 Å². The fraction of sp³-hybridized carbons (Fsp3) is 0. The molecule has 0 aliphatic heterocycles. The molecule has 0 spiro atoms. The number of carboxylic acids is 2. The normalized spacial score (nSPS) is 10.5. The van der Waals surface area contributed by atoms with E-state index in [9.17, 15) is 9.59 Å². The summed E-state index contributed by atoms with van der Waals surface area (Å²) in [6.07, 6.45) is 0.591. The minimum Gasteiger partial charge on any atom is -0.478 e. The Balaban J connectivity index is 3.25. The molecule has 15 heavy (non-hydrogen) atoms. The Labute approximate surface area is 89.6 Å². The van der Waals surface area contributed by atoms with Gasteiger partial charge in [0.1, 0.15) is 6.21 Å². The van der Waals surface area contributed by atoms with Gasteiger partial charge in [0.05, 0.1) is 16.3 Å². The highest BCUT2D eigenvalue weighted by atomic mass is 35.5. The second-order valence-electron chi connectivity index (χ2n) is 2.54. The standard InChI is InChI=1S/C9H6ClNO4/c10-6-3-1-2-5(9(14)15)8(6)11-4-7(12)13/h1-4H,(H,12,13)(H,14,15). The van der Waals surface area contributed by atoms with Crippen LogP contribution < -0.4 is 0 Å². The van der Waals surface area contributed by atoms with Crippen molar-refractivity contribution in [2.45, 2.75) is 0 Å². The van der Waals surface area contributed by atoms with Gasteiger partial charge in [-0.25, -0.2) is 14.6 Å². The summed E-state index contributed by atoms with van der Waals surface area (Å²) in [6.45, 7) is 0. The van der Waals surface area contributed by atoms with Gasteiger partial charge in [-0.2, -0.15) is 0 Å². The van der Waals surface area contributed by atoms with Crippen LogP contribution >= 0.6 is 11.6 Å². The lowest BCUT2D eigenvalue weighted by Gasteiger charge is -2.01. The molecule has 6 heteroatoms. The molecule has 0 radical (unpaired) electrons. The smallest absolute Gasteiger partial charge is 0.346 e. The Hall–Kier alpha value is -1.88. The van der Waals surface area contributed by atoms with E-state index >= 15 is 0 Å². The Morgan fingerprint density at radius 1 is 1.33 bits per heavy atom. The molecular weight excluding hydrogens is 222 g/mol. The number of carbonyl (C=O) groups is 2. The van der Waals surface area contributed by atoms with Crippen molar-refractivity contribution in [2.75, 3.05) is 0 Å². The van der Waals surface area contributed by atoms with Gasteiger partial charge in [0, 0.05) is 0 Å². The first-order valence-corrected chi connectivity index (χ1v) is 4.19. The van der Waals surface area contributed by atoms with Crippen molar-refractivity contribution in [3.05, 3.63) is 28.8 Å². The van der Waals surface area contributed by atoms with Gasteiger partial charge in [-0.15, -0.1) is 0 Å². The third-order valence-corrected chi connectivity index (χ3v) is 1.83. The zero-order valence-electron chi connectivity index (χ0n) is 7.35. The number of rotatable bonds is 3. The quantitative estimate of drug-likeness (QED) is 0.771. The zero-order chi connectivity index (χ0) is 11.4. The van der Waals surface area contributed by atoms with Crippen molar-refractivity contribution in [2.24, 2.45) is 4.99 Å². The first-order valence-electron chi connectivity index (χ1n) is 3.81. The molecule has 1 rings (SSSR count). The van der Waals surface area contributed by atoms with Crippen LogP contribution in [-0.2, 0) is 4.79 Å². The van der Waals surface area contributed by atoms with E-state index in [1.165, 1.54) is 18.2 Å². The molecule has 0 amide bonds. The summed E-state index contributed by atoms with van der Waals surface area (Å²) in [5.74, 6) is -2.48. The average Bonchev–Trinajstić information content (AvgIpc) is 2.15. The second kappa shape index (κ2) is 4.56. The van der Waals surface area contributed by atoms with Crippen LogP contribution in [0, 0.1) is 0 Å². The van der Waals surface area contributed by atoms with Crippen LogP contribution in [0.4, 0.5) is 5.69 Å². The summed E-state index contributed by atoms with van der Waals surface area (Å²) in [6, 6.07) is 4.18. The molecule has 5 nitrogen and oxygen atoms in total. The van der Waals surface area contributed by atoms with E-state index in [0.29, 0.717) is 6.21 Å².